The van der Waals surface area contributed by atoms with Gasteiger partial charge in [0.05, 0.1) is 6.33 Å². The molecule has 0 spiro atoms. The van der Waals surface area contributed by atoms with E-state index in [2.05, 4.69) is 9.97 Å². The van der Waals surface area contributed by atoms with Crippen molar-refractivity contribution in [3.63, 3.8) is 0 Å². The molecule has 4 nitrogen and oxygen atoms in total. The second-order valence-electron chi connectivity index (χ2n) is 2.01. The second-order valence-corrected chi connectivity index (χ2v) is 2.01. The van der Waals surface area contributed by atoms with Gasteiger partial charge in [-0.1, -0.05) is 6.04 Å². The van der Waals surface area contributed by atoms with E-state index in [0.29, 0.717) is 6.42 Å². The van der Waals surface area contributed by atoms with Crippen molar-refractivity contribution in [2.45, 2.75) is 12.5 Å². The Balaban J connectivity index is 0.000001000. The third-order valence-electron chi connectivity index (χ3n) is 1.15. The summed E-state index contributed by atoms with van der Waals surface area (Å²) in [6, 6.07) is -0.541. The molecule has 0 saturated carbocycles. The van der Waals surface area contributed by atoms with Gasteiger partial charge >= 0.3 is 0 Å². The smallest absolute Gasteiger partial charge is 0.0921 e. The number of nitrogens with two attached hydrogens (primary N) is 1. The summed E-state index contributed by atoms with van der Waals surface area (Å²) in [5.41, 5.74) is 6.15. The van der Waals surface area contributed by atoms with Gasteiger partial charge in [0, 0.05) is 28.4 Å². The molecule has 1 aromatic rings. The average Bonchev–Trinajstić information content (AvgIpc) is 2.40. The average molecular weight is 197 g/mol. The van der Waals surface area contributed by atoms with E-state index in [0.717, 1.165) is 5.69 Å². The summed E-state index contributed by atoms with van der Waals surface area (Å²) in [5.74, 6) is 0. The van der Waals surface area contributed by atoms with E-state index < -0.39 is 6.04 Å². The molecule has 0 aromatic carbocycles. The maximum absolute atomic E-state index is 9.95. The Hall–Kier alpha value is -0.666. The molecule has 1 rings (SSSR count). The zero-order chi connectivity index (χ0) is 7.40. The Morgan fingerprint density at radius 3 is 3.00 bits per heavy atom. The van der Waals surface area contributed by atoms with Crippen molar-refractivity contribution >= 4 is 6.29 Å². The maximum Gasteiger partial charge on any atom is 0.0921 e. The van der Waals surface area contributed by atoms with Crippen LogP contribution < -0.4 is 5.73 Å². The molecule has 0 radical (unpaired) electrons. The van der Waals surface area contributed by atoms with Gasteiger partial charge in [-0.2, -0.15) is 0 Å². The Morgan fingerprint density at radius 1 is 1.82 bits per heavy atom. The summed E-state index contributed by atoms with van der Waals surface area (Å²) in [4.78, 5) is 16.5. The van der Waals surface area contributed by atoms with E-state index in [1.54, 1.807) is 18.8 Å². The minimum atomic E-state index is -0.541. The first-order chi connectivity index (χ1) is 4.83. The molecule has 1 unspecified atom stereocenters. The van der Waals surface area contributed by atoms with E-state index in [9.17, 15) is 4.79 Å². The number of aromatic amines is 1. The van der Waals surface area contributed by atoms with Crippen LogP contribution in [0.5, 0.6) is 0 Å². The molecule has 0 bridgehead atoms. The Labute approximate surface area is 74.5 Å². The van der Waals surface area contributed by atoms with E-state index >= 15 is 0 Å². The first-order valence-corrected chi connectivity index (χ1v) is 2.93. The van der Waals surface area contributed by atoms with Gasteiger partial charge in [-0.05, 0) is 6.42 Å². The van der Waals surface area contributed by atoms with Crippen molar-refractivity contribution < 1.29 is 21.3 Å². The molecule has 0 fully saturated rings. The van der Waals surface area contributed by atoms with Gasteiger partial charge in [0.15, 0.2) is 0 Å². The van der Waals surface area contributed by atoms with Gasteiger partial charge in [-0.15, -0.1) is 0 Å². The predicted molar refractivity (Wildman–Crippen MR) is 36.0 cm³/mol. The second kappa shape index (κ2) is 5.05. The minimum absolute atomic E-state index is 0. The van der Waals surface area contributed by atoms with Gasteiger partial charge in [0.2, 0.25) is 0 Å². The van der Waals surface area contributed by atoms with E-state index in [1.165, 1.54) is 0 Å². The summed E-state index contributed by atoms with van der Waals surface area (Å²) < 4.78 is 0. The molecule has 11 heavy (non-hydrogen) atoms. The molecule has 1 aromatic heterocycles. The standard InChI is InChI=1S/C6H8N3O.Ni/c7-5(3-10)1-6-2-8-4-9-6;/h2,4-5H,1,7H2,(H,8,9);/q-1;. The fourth-order valence-corrected chi connectivity index (χ4v) is 0.675. The van der Waals surface area contributed by atoms with Crippen molar-refractivity contribution in [2.24, 2.45) is 5.73 Å². The fourth-order valence-electron chi connectivity index (χ4n) is 0.675. The molecule has 3 N–H and O–H groups in total. The van der Waals surface area contributed by atoms with E-state index in [1.807, 2.05) is 0 Å². The molecule has 0 aliphatic carbocycles. The molecule has 0 amide bonds. The molecule has 1 atom stereocenters. The Bertz CT molecular complexity index is 200. The van der Waals surface area contributed by atoms with Crippen LogP contribution in [0.3, 0.4) is 0 Å². The number of aromatic nitrogens is 2. The number of imidazole rings is 1. The number of hydrogen-bond acceptors (Lipinski definition) is 3. The normalized spacial score (nSPS) is 11.7. The number of nitrogens with zero attached hydrogens (tertiary/aromatic N) is 1. The van der Waals surface area contributed by atoms with Gasteiger partial charge in [0.1, 0.15) is 0 Å². The van der Waals surface area contributed by atoms with Crippen molar-refractivity contribution in [3.8, 4) is 0 Å². The molecule has 0 aliphatic rings. The Morgan fingerprint density at radius 2 is 2.55 bits per heavy atom. The number of rotatable bonds is 3. The summed E-state index contributed by atoms with van der Waals surface area (Å²) in [7, 11) is 0. The van der Waals surface area contributed by atoms with Crippen molar-refractivity contribution in [3.05, 3.63) is 18.2 Å². The van der Waals surface area contributed by atoms with Crippen LogP contribution in [0.4, 0.5) is 0 Å². The van der Waals surface area contributed by atoms with Gasteiger partial charge in [-0.25, -0.2) is 11.3 Å². The molecule has 0 aliphatic heterocycles. The fraction of sp³-hybridized carbons (Fsp3) is 0.333. The molecular weight excluding hydrogens is 189 g/mol. The van der Waals surface area contributed by atoms with Gasteiger partial charge in [0.25, 0.3) is 0 Å². The summed E-state index contributed by atoms with van der Waals surface area (Å²) in [6.07, 6.45) is 5.34. The van der Waals surface area contributed by atoms with Gasteiger partial charge in [-0.3, -0.25) is 0 Å². The first kappa shape index (κ1) is 10.3. The van der Waals surface area contributed by atoms with Gasteiger partial charge < -0.3 is 15.5 Å². The third-order valence-corrected chi connectivity index (χ3v) is 1.15. The molecule has 64 valence electrons. The predicted octanol–water partition coefficient (Wildman–Crippen LogP) is -0.613. The first-order valence-electron chi connectivity index (χ1n) is 2.93. The summed E-state index contributed by atoms with van der Waals surface area (Å²) >= 11 is 0. The van der Waals surface area contributed by atoms with Crippen LogP contribution in [0.15, 0.2) is 12.5 Å². The molecular formula is C6H8N3NiO-. The van der Waals surface area contributed by atoms with E-state index in [4.69, 9.17) is 5.73 Å². The molecule has 0 saturated heterocycles. The van der Waals surface area contributed by atoms with Crippen LogP contribution in [-0.2, 0) is 27.7 Å². The monoisotopic (exact) mass is 196 g/mol. The number of carbonyl (C=O) groups excluding carboxylic acids is 1. The number of hydrogen-bond donors (Lipinski definition) is 2. The van der Waals surface area contributed by atoms with Crippen LogP contribution >= 0.6 is 0 Å². The van der Waals surface area contributed by atoms with Crippen molar-refractivity contribution in [2.75, 3.05) is 0 Å². The van der Waals surface area contributed by atoms with Crippen molar-refractivity contribution in [1.29, 1.82) is 0 Å². The van der Waals surface area contributed by atoms with Crippen LogP contribution in [0, 0.1) is 0 Å². The maximum atomic E-state index is 9.95. The van der Waals surface area contributed by atoms with Crippen LogP contribution in [0.1, 0.15) is 5.69 Å². The minimum Gasteiger partial charge on any atom is -0.540 e. The van der Waals surface area contributed by atoms with Crippen LogP contribution in [0.25, 0.3) is 0 Å². The molecule has 5 heteroatoms. The number of nitrogens with one attached hydrogen (secondary N) is 1. The SMILES string of the molecule is NC([C-]=O)Cc1cnc[nH]1.[Ni]. The largest absolute Gasteiger partial charge is 0.540 e. The van der Waals surface area contributed by atoms with Crippen molar-refractivity contribution in [1.82, 2.24) is 9.97 Å². The number of H-pyrrole nitrogens is 1. The summed E-state index contributed by atoms with van der Waals surface area (Å²) in [6.45, 7) is 0. The zero-order valence-corrected chi connectivity index (χ0v) is 6.68. The van der Waals surface area contributed by atoms with Crippen LogP contribution in [-0.4, -0.2) is 22.3 Å². The zero-order valence-electron chi connectivity index (χ0n) is 5.69. The quantitative estimate of drug-likeness (QED) is 0.501. The topological polar surface area (TPSA) is 71.8 Å². The summed E-state index contributed by atoms with van der Waals surface area (Å²) in [5, 5.41) is 0. The third kappa shape index (κ3) is 3.30. The van der Waals surface area contributed by atoms with Crippen LogP contribution in [0.2, 0.25) is 0 Å². The van der Waals surface area contributed by atoms with E-state index in [-0.39, 0.29) is 16.5 Å². The molecule has 1 heterocycles. The Kier molecular flexibility index (Phi) is 4.74.